The van der Waals surface area contributed by atoms with E-state index in [1.807, 2.05) is 0 Å². The van der Waals surface area contributed by atoms with Gasteiger partial charge in [-0.05, 0) is 18.2 Å². The Kier molecular flexibility index (Phi) is 3.74. The maximum atomic E-state index is 12.3. The molecule has 16 heavy (non-hydrogen) atoms. The zero-order valence-electron chi connectivity index (χ0n) is 8.30. The van der Waals surface area contributed by atoms with Gasteiger partial charge >= 0.3 is 6.18 Å². The summed E-state index contributed by atoms with van der Waals surface area (Å²) in [6, 6.07) is 4.70. The van der Waals surface area contributed by atoms with Crippen LogP contribution < -0.4 is 11.1 Å². The van der Waals surface area contributed by atoms with E-state index in [1.165, 1.54) is 6.07 Å². The fourth-order valence-corrected chi connectivity index (χ4v) is 1.17. The molecule has 0 spiro atoms. The average Bonchev–Trinajstić information content (AvgIpc) is 2.24. The number of rotatable bonds is 3. The molecule has 0 saturated heterocycles. The van der Waals surface area contributed by atoms with Gasteiger partial charge in [-0.3, -0.25) is 0 Å². The van der Waals surface area contributed by atoms with Crippen molar-refractivity contribution in [2.45, 2.75) is 6.18 Å². The van der Waals surface area contributed by atoms with Crippen molar-refractivity contribution < 1.29 is 13.2 Å². The van der Waals surface area contributed by atoms with Gasteiger partial charge in [-0.25, -0.2) is 0 Å². The first-order valence-electron chi connectivity index (χ1n) is 4.54. The van der Waals surface area contributed by atoms with Crippen LogP contribution in [-0.2, 0) is 6.18 Å². The Bertz CT molecular complexity index is 407. The number of halogens is 3. The highest BCUT2D eigenvalue weighted by Gasteiger charge is 2.30. The molecule has 0 aliphatic carbocycles. The van der Waals surface area contributed by atoms with Crippen LogP contribution >= 0.6 is 0 Å². The minimum atomic E-state index is -4.43. The molecule has 1 aromatic carbocycles. The average molecular weight is 229 g/mol. The third-order valence-electron chi connectivity index (χ3n) is 1.93. The van der Waals surface area contributed by atoms with Gasteiger partial charge in [0.25, 0.3) is 0 Å². The van der Waals surface area contributed by atoms with Gasteiger partial charge in [0.05, 0.1) is 16.8 Å². The Morgan fingerprint density at radius 1 is 1.38 bits per heavy atom. The van der Waals surface area contributed by atoms with E-state index in [4.69, 9.17) is 11.0 Å². The van der Waals surface area contributed by atoms with Crippen molar-refractivity contribution in [2.75, 3.05) is 18.4 Å². The lowest BCUT2D eigenvalue weighted by atomic mass is 10.1. The number of nitriles is 1. The van der Waals surface area contributed by atoms with Crippen LogP contribution in [0.5, 0.6) is 0 Å². The summed E-state index contributed by atoms with van der Waals surface area (Å²) in [6.07, 6.45) is -4.43. The molecule has 0 atom stereocenters. The highest BCUT2D eigenvalue weighted by molar-refractivity contribution is 5.58. The number of nitrogens with zero attached hydrogens (tertiary/aromatic N) is 1. The fourth-order valence-electron chi connectivity index (χ4n) is 1.17. The molecule has 0 aliphatic rings. The molecule has 3 N–H and O–H groups in total. The molecule has 86 valence electrons. The zero-order valence-corrected chi connectivity index (χ0v) is 8.30. The summed E-state index contributed by atoms with van der Waals surface area (Å²) in [4.78, 5) is 0. The number of benzene rings is 1. The number of hydrogen-bond acceptors (Lipinski definition) is 3. The first-order chi connectivity index (χ1) is 7.49. The topological polar surface area (TPSA) is 61.8 Å². The monoisotopic (exact) mass is 229 g/mol. The summed E-state index contributed by atoms with van der Waals surface area (Å²) in [5, 5.41) is 11.5. The van der Waals surface area contributed by atoms with Gasteiger partial charge in [-0.1, -0.05) is 0 Å². The molecule has 6 heteroatoms. The lowest BCUT2D eigenvalue weighted by molar-refractivity contribution is -0.137. The Morgan fingerprint density at radius 2 is 2.06 bits per heavy atom. The Balaban J connectivity index is 3.04. The number of nitrogens with two attached hydrogens (primary N) is 1. The van der Waals surface area contributed by atoms with Crippen molar-refractivity contribution in [2.24, 2.45) is 5.73 Å². The van der Waals surface area contributed by atoms with Crippen molar-refractivity contribution in [3.8, 4) is 6.07 Å². The molecular weight excluding hydrogens is 219 g/mol. The van der Waals surface area contributed by atoms with Gasteiger partial charge in [-0.2, -0.15) is 18.4 Å². The fraction of sp³-hybridized carbons (Fsp3) is 0.300. The Hall–Kier alpha value is -1.74. The Morgan fingerprint density at radius 3 is 2.56 bits per heavy atom. The molecule has 0 radical (unpaired) electrons. The minimum Gasteiger partial charge on any atom is -0.383 e. The Labute approximate surface area is 90.7 Å². The van der Waals surface area contributed by atoms with Crippen LogP contribution in [0.25, 0.3) is 0 Å². The highest BCUT2D eigenvalue weighted by atomic mass is 19.4. The van der Waals surface area contributed by atoms with Crippen LogP contribution in [0.1, 0.15) is 11.1 Å². The summed E-state index contributed by atoms with van der Waals surface area (Å²) < 4.78 is 37.0. The van der Waals surface area contributed by atoms with Gasteiger partial charge in [0.2, 0.25) is 0 Å². The molecule has 0 aliphatic heterocycles. The lowest BCUT2D eigenvalue weighted by Crippen LogP contribution is -2.14. The third kappa shape index (κ3) is 2.87. The van der Waals surface area contributed by atoms with Crippen LogP contribution in [0.4, 0.5) is 18.9 Å². The molecule has 0 heterocycles. The highest BCUT2D eigenvalue weighted by Crippen LogP contribution is 2.31. The molecule has 0 fully saturated rings. The van der Waals surface area contributed by atoms with Gasteiger partial charge in [0.1, 0.15) is 6.07 Å². The number of alkyl halides is 3. The smallest absolute Gasteiger partial charge is 0.383 e. The molecule has 0 saturated carbocycles. The van der Waals surface area contributed by atoms with E-state index >= 15 is 0 Å². The van der Waals surface area contributed by atoms with E-state index < -0.39 is 11.7 Å². The van der Waals surface area contributed by atoms with E-state index in [0.29, 0.717) is 18.8 Å². The van der Waals surface area contributed by atoms with E-state index in [2.05, 4.69) is 5.32 Å². The van der Waals surface area contributed by atoms with Crippen LogP contribution in [0, 0.1) is 11.3 Å². The predicted octanol–water partition coefficient (Wildman–Crippen LogP) is 1.95. The van der Waals surface area contributed by atoms with Crippen LogP contribution in [0.2, 0.25) is 0 Å². The van der Waals surface area contributed by atoms with Crippen LogP contribution in [-0.4, -0.2) is 13.1 Å². The normalized spacial score (nSPS) is 10.9. The molecule has 0 aromatic heterocycles. The number of anilines is 1. The van der Waals surface area contributed by atoms with Gasteiger partial charge in [0, 0.05) is 13.1 Å². The first kappa shape index (κ1) is 12.3. The molecule has 1 aromatic rings. The van der Waals surface area contributed by atoms with Crippen molar-refractivity contribution in [1.29, 1.82) is 5.26 Å². The van der Waals surface area contributed by atoms with E-state index in [0.717, 1.165) is 12.1 Å². The molecule has 3 nitrogen and oxygen atoms in total. The zero-order chi connectivity index (χ0) is 12.2. The maximum absolute atomic E-state index is 12.3. The third-order valence-corrected chi connectivity index (χ3v) is 1.93. The van der Waals surface area contributed by atoms with Crippen LogP contribution in [0.3, 0.4) is 0 Å². The maximum Gasteiger partial charge on any atom is 0.416 e. The molecular formula is C10H10F3N3. The van der Waals surface area contributed by atoms with E-state index in [9.17, 15) is 13.2 Å². The van der Waals surface area contributed by atoms with Crippen LogP contribution in [0.15, 0.2) is 18.2 Å². The predicted molar refractivity (Wildman–Crippen MR) is 53.7 cm³/mol. The van der Waals surface area contributed by atoms with Crippen molar-refractivity contribution in [1.82, 2.24) is 0 Å². The second kappa shape index (κ2) is 4.86. The van der Waals surface area contributed by atoms with Crippen molar-refractivity contribution in [3.63, 3.8) is 0 Å². The largest absolute Gasteiger partial charge is 0.416 e. The number of nitrogens with one attached hydrogen (secondary N) is 1. The summed E-state index contributed by atoms with van der Waals surface area (Å²) in [5.41, 5.74) is 4.73. The molecule has 0 amide bonds. The second-order valence-electron chi connectivity index (χ2n) is 3.09. The summed E-state index contributed by atoms with van der Waals surface area (Å²) in [5.74, 6) is 0. The van der Waals surface area contributed by atoms with Gasteiger partial charge < -0.3 is 11.1 Å². The number of hydrogen-bond donors (Lipinski definition) is 2. The van der Waals surface area contributed by atoms with E-state index in [1.54, 1.807) is 6.07 Å². The summed E-state index contributed by atoms with van der Waals surface area (Å²) in [7, 11) is 0. The second-order valence-corrected chi connectivity index (χ2v) is 3.09. The summed E-state index contributed by atoms with van der Waals surface area (Å²) in [6.45, 7) is 0.742. The first-order valence-corrected chi connectivity index (χ1v) is 4.54. The SMILES string of the molecule is N#Cc1cc(C(F)(F)F)ccc1NCCN. The van der Waals surface area contributed by atoms with E-state index in [-0.39, 0.29) is 5.56 Å². The van der Waals surface area contributed by atoms with Crippen molar-refractivity contribution >= 4 is 5.69 Å². The van der Waals surface area contributed by atoms with Crippen molar-refractivity contribution in [3.05, 3.63) is 29.3 Å². The molecule has 0 unspecified atom stereocenters. The van der Waals surface area contributed by atoms with Gasteiger partial charge in [0.15, 0.2) is 0 Å². The minimum absolute atomic E-state index is 0.0386. The quantitative estimate of drug-likeness (QED) is 0.832. The summed E-state index contributed by atoms with van der Waals surface area (Å²) >= 11 is 0. The molecule has 1 rings (SSSR count). The van der Waals surface area contributed by atoms with Gasteiger partial charge in [-0.15, -0.1) is 0 Å². The standard InChI is InChI=1S/C10H10F3N3/c11-10(12,13)8-1-2-9(16-4-3-14)7(5-8)6-15/h1-2,5,16H,3-4,14H2. The lowest BCUT2D eigenvalue weighted by Gasteiger charge is -2.10. The molecule has 0 bridgehead atoms.